The Labute approximate surface area is 98.0 Å². The van der Waals surface area contributed by atoms with Crippen LogP contribution < -0.4 is 5.19 Å². The zero-order valence-electron chi connectivity index (χ0n) is 9.22. The monoisotopic (exact) mass is 236 g/mol. The van der Waals surface area contributed by atoms with E-state index in [0.717, 1.165) is 5.02 Å². The molecule has 1 heterocycles. The zero-order chi connectivity index (χ0) is 10.9. The molecule has 1 aliphatic heterocycles. The number of rotatable bonds is 1. The van der Waals surface area contributed by atoms with Crippen LogP contribution >= 0.6 is 11.6 Å². The smallest absolute Gasteiger partial charge is 0.103 e. The number of hydrogen-bond acceptors (Lipinski definition) is 0. The van der Waals surface area contributed by atoms with Crippen LogP contribution in [0.1, 0.15) is 19.3 Å². The molecule has 0 bridgehead atoms. The summed E-state index contributed by atoms with van der Waals surface area (Å²) >= 11 is 6.07. The molecule has 0 amide bonds. The second-order valence-corrected chi connectivity index (χ2v) is 9.54. The highest BCUT2D eigenvalue weighted by Gasteiger charge is 2.34. The largest absolute Gasteiger partial charge is 0.109 e. The molecule has 0 nitrogen and oxygen atoms in total. The molecule has 1 fully saturated rings. The van der Waals surface area contributed by atoms with E-state index in [1.54, 1.807) is 0 Å². The highest BCUT2D eigenvalue weighted by Crippen LogP contribution is 2.31. The van der Waals surface area contributed by atoms with Crippen molar-refractivity contribution < 1.29 is 0 Å². The molecule has 80 valence electrons. The first kappa shape index (κ1) is 11.0. The van der Waals surface area contributed by atoms with Crippen LogP contribution in [0.2, 0.25) is 17.6 Å². The summed E-state index contributed by atoms with van der Waals surface area (Å²) in [7, 11) is -1.43. The lowest BCUT2D eigenvalue weighted by Gasteiger charge is -2.34. The molecule has 0 aromatic heterocycles. The fourth-order valence-electron chi connectivity index (χ4n) is 2.45. The van der Waals surface area contributed by atoms with E-state index in [1.807, 2.05) is 6.07 Å². The van der Waals surface area contributed by atoms with E-state index < -0.39 is 8.07 Å². The van der Waals surface area contributed by atoms with Gasteiger partial charge in [0, 0.05) is 5.02 Å². The van der Waals surface area contributed by atoms with Crippen LogP contribution in [0.3, 0.4) is 0 Å². The van der Waals surface area contributed by atoms with Gasteiger partial charge in [0.2, 0.25) is 0 Å². The minimum Gasteiger partial charge on any atom is -0.103 e. The molecule has 1 saturated heterocycles. The molecule has 1 atom stereocenters. The summed E-state index contributed by atoms with van der Waals surface area (Å²) < 4.78 is 0. The highest BCUT2D eigenvalue weighted by atomic mass is 35.5. The van der Waals surface area contributed by atoms with E-state index in [0.29, 0.717) is 0 Å². The number of allylic oxidation sites excluding steroid dienone is 1. The minimum atomic E-state index is -1.43. The number of benzene rings is 1. The molecule has 0 radical (unpaired) electrons. The van der Waals surface area contributed by atoms with E-state index in [4.69, 9.17) is 11.6 Å². The molecular formula is C13H17ClSi. The van der Waals surface area contributed by atoms with Crippen LogP contribution in [-0.4, -0.2) is 8.07 Å². The molecule has 0 saturated carbocycles. The zero-order valence-corrected chi connectivity index (χ0v) is 11.0. The average molecular weight is 237 g/mol. The van der Waals surface area contributed by atoms with Gasteiger partial charge >= 0.3 is 0 Å². The first-order valence-electron chi connectivity index (χ1n) is 5.57. The quantitative estimate of drug-likeness (QED) is 0.649. The van der Waals surface area contributed by atoms with E-state index in [1.165, 1.54) is 35.7 Å². The van der Waals surface area contributed by atoms with Gasteiger partial charge in [-0.05, 0) is 24.6 Å². The Morgan fingerprint density at radius 1 is 1.33 bits per heavy atom. The molecule has 2 heteroatoms. The predicted octanol–water partition coefficient (Wildman–Crippen LogP) is 3.90. The van der Waals surface area contributed by atoms with Crippen molar-refractivity contribution in [2.24, 2.45) is 0 Å². The molecule has 0 N–H and O–H groups in total. The summed E-state index contributed by atoms with van der Waals surface area (Å²) in [6, 6.07) is 9.73. The lowest BCUT2D eigenvalue weighted by molar-refractivity contribution is 0.765. The van der Waals surface area contributed by atoms with Gasteiger partial charge in [0.25, 0.3) is 0 Å². The van der Waals surface area contributed by atoms with Gasteiger partial charge in [-0.1, -0.05) is 53.5 Å². The molecule has 15 heavy (non-hydrogen) atoms. The fraction of sp³-hybridized carbons (Fsp3) is 0.385. The lowest BCUT2D eigenvalue weighted by atomic mass is 10.2. The summed E-state index contributed by atoms with van der Waals surface area (Å²) in [5.41, 5.74) is 0. The first-order valence-corrected chi connectivity index (χ1v) is 8.66. The van der Waals surface area contributed by atoms with E-state index in [2.05, 4.69) is 31.3 Å². The van der Waals surface area contributed by atoms with Gasteiger partial charge in [-0.3, -0.25) is 0 Å². The van der Waals surface area contributed by atoms with Crippen LogP contribution in [0, 0.1) is 0 Å². The van der Waals surface area contributed by atoms with Crippen molar-refractivity contribution in [2.45, 2.75) is 31.9 Å². The predicted molar refractivity (Wildman–Crippen MR) is 70.5 cm³/mol. The molecule has 0 spiro atoms. The second-order valence-electron chi connectivity index (χ2n) is 4.65. The summed E-state index contributed by atoms with van der Waals surface area (Å²) in [6.45, 7) is 6.72. The maximum atomic E-state index is 6.07. The molecule has 1 aromatic rings. The fourth-order valence-corrected chi connectivity index (χ4v) is 6.41. The first-order chi connectivity index (χ1) is 7.13. The van der Waals surface area contributed by atoms with Crippen molar-refractivity contribution in [3.8, 4) is 0 Å². The summed E-state index contributed by atoms with van der Waals surface area (Å²) in [4.78, 5) is 0. The van der Waals surface area contributed by atoms with Crippen LogP contribution in [0.5, 0.6) is 0 Å². The standard InChI is InChI=1S/C13H17ClSi/c1-11-6-3-4-9-15(11,2)13-8-5-7-12(14)10-13/h5,7-8,10H,1,3-4,6,9H2,2H3. The Balaban J connectivity index is 2.39. The summed E-state index contributed by atoms with van der Waals surface area (Å²) in [5.74, 6) is 0. The Morgan fingerprint density at radius 2 is 2.13 bits per heavy atom. The third-order valence-corrected chi connectivity index (χ3v) is 8.63. The topological polar surface area (TPSA) is 0 Å². The summed E-state index contributed by atoms with van der Waals surface area (Å²) in [6.07, 6.45) is 3.89. The van der Waals surface area contributed by atoms with Crippen LogP contribution in [0.4, 0.5) is 0 Å². The van der Waals surface area contributed by atoms with Crippen molar-refractivity contribution in [1.29, 1.82) is 0 Å². The van der Waals surface area contributed by atoms with Crippen LogP contribution in [-0.2, 0) is 0 Å². The Hall–Kier alpha value is -0.533. The third kappa shape index (κ3) is 2.04. The Bertz CT molecular complexity index is 386. The molecule has 1 unspecified atom stereocenters. The average Bonchev–Trinajstić information content (AvgIpc) is 2.23. The van der Waals surface area contributed by atoms with Gasteiger partial charge in [0.05, 0.1) is 0 Å². The SMILES string of the molecule is C=C1CCCC[Si]1(C)c1cccc(Cl)c1. The lowest BCUT2D eigenvalue weighted by Crippen LogP contribution is -2.48. The minimum absolute atomic E-state index is 0.861. The molecule has 0 aliphatic carbocycles. The molecular weight excluding hydrogens is 220 g/mol. The molecule has 1 aliphatic rings. The number of halogens is 1. The Morgan fingerprint density at radius 3 is 2.80 bits per heavy atom. The van der Waals surface area contributed by atoms with Gasteiger partial charge in [0.15, 0.2) is 0 Å². The van der Waals surface area contributed by atoms with Crippen molar-refractivity contribution in [3.63, 3.8) is 0 Å². The highest BCUT2D eigenvalue weighted by molar-refractivity contribution is 6.96. The van der Waals surface area contributed by atoms with Gasteiger partial charge in [0.1, 0.15) is 8.07 Å². The van der Waals surface area contributed by atoms with Crippen molar-refractivity contribution in [2.75, 3.05) is 0 Å². The number of hydrogen-bond donors (Lipinski definition) is 0. The molecule has 2 rings (SSSR count). The van der Waals surface area contributed by atoms with Crippen LogP contribution in [0.15, 0.2) is 36.0 Å². The van der Waals surface area contributed by atoms with E-state index in [9.17, 15) is 0 Å². The van der Waals surface area contributed by atoms with Crippen molar-refractivity contribution in [3.05, 3.63) is 41.1 Å². The summed E-state index contributed by atoms with van der Waals surface area (Å²) in [5, 5.41) is 3.82. The Kier molecular flexibility index (Phi) is 3.03. The van der Waals surface area contributed by atoms with Gasteiger partial charge in [-0.2, -0.15) is 0 Å². The van der Waals surface area contributed by atoms with Gasteiger partial charge < -0.3 is 0 Å². The third-order valence-electron chi connectivity index (χ3n) is 3.65. The second kappa shape index (κ2) is 4.15. The van der Waals surface area contributed by atoms with Crippen molar-refractivity contribution in [1.82, 2.24) is 0 Å². The normalized spacial score (nSPS) is 26.7. The maximum absolute atomic E-state index is 6.07. The van der Waals surface area contributed by atoms with E-state index >= 15 is 0 Å². The van der Waals surface area contributed by atoms with Crippen molar-refractivity contribution >= 4 is 24.9 Å². The van der Waals surface area contributed by atoms with Gasteiger partial charge in [-0.25, -0.2) is 0 Å². The van der Waals surface area contributed by atoms with Gasteiger partial charge in [-0.15, -0.1) is 6.58 Å². The maximum Gasteiger partial charge on any atom is 0.109 e. The molecule has 1 aromatic carbocycles. The van der Waals surface area contributed by atoms with E-state index in [-0.39, 0.29) is 0 Å². The van der Waals surface area contributed by atoms with Crippen LogP contribution in [0.25, 0.3) is 0 Å².